The van der Waals surface area contributed by atoms with Gasteiger partial charge in [-0.05, 0) is 43.5 Å². The van der Waals surface area contributed by atoms with Crippen molar-refractivity contribution >= 4 is 0 Å². The fourth-order valence-corrected chi connectivity index (χ4v) is 2.75. The Hall–Kier alpha value is -1.75. The van der Waals surface area contributed by atoms with Crippen molar-refractivity contribution in [3.8, 4) is 0 Å². The lowest BCUT2D eigenvalue weighted by atomic mass is 9.94. The zero-order valence-corrected chi connectivity index (χ0v) is 11.5. The van der Waals surface area contributed by atoms with Crippen molar-refractivity contribution in [2.45, 2.75) is 38.1 Å². The number of nitrogens with one attached hydrogen (secondary N) is 1. The van der Waals surface area contributed by atoms with E-state index in [1.807, 2.05) is 0 Å². The van der Waals surface area contributed by atoms with Crippen molar-refractivity contribution in [1.82, 2.24) is 15.5 Å². The average Bonchev–Trinajstić information content (AvgIpc) is 3.11. The third-order valence-electron chi connectivity index (χ3n) is 4.00. The smallest absolute Gasteiger partial charge is 0.246 e. The van der Waals surface area contributed by atoms with Crippen molar-refractivity contribution < 1.29 is 8.91 Å². The van der Waals surface area contributed by atoms with Gasteiger partial charge in [0.05, 0.1) is 5.54 Å². The summed E-state index contributed by atoms with van der Waals surface area (Å²) < 4.78 is 18.3. The summed E-state index contributed by atoms with van der Waals surface area (Å²) in [5, 5.41) is 7.53. The molecule has 3 rings (SSSR count). The van der Waals surface area contributed by atoms with Crippen LogP contribution in [0.5, 0.6) is 0 Å². The largest absolute Gasteiger partial charge is 0.337 e. The van der Waals surface area contributed by atoms with Crippen molar-refractivity contribution in [3.05, 3.63) is 47.4 Å². The van der Waals surface area contributed by atoms with Crippen LogP contribution in [0.4, 0.5) is 4.39 Å². The van der Waals surface area contributed by atoms with Gasteiger partial charge in [-0.1, -0.05) is 24.2 Å². The Balaban J connectivity index is 1.78. The number of hydrogen-bond acceptors (Lipinski definition) is 4. The summed E-state index contributed by atoms with van der Waals surface area (Å²) in [6, 6.07) is 6.38. The lowest BCUT2D eigenvalue weighted by Crippen LogP contribution is -2.36. The van der Waals surface area contributed by atoms with Crippen LogP contribution in [-0.2, 0) is 12.0 Å². The van der Waals surface area contributed by atoms with Gasteiger partial charge in [0.2, 0.25) is 5.89 Å². The van der Waals surface area contributed by atoms with E-state index in [2.05, 4.69) is 22.4 Å². The molecule has 1 saturated heterocycles. The van der Waals surface area contributed by atoms with Crippen LogP contribution in [0.1, 0.15) is 43.5 Å². The first-order chi connectivity index (χ1) is 9.72. The summed E-state index contributed by atoms with van der Waals surface area (Å²) in [6.45, 7) is 3.12. The van der Waals surface area contributed by atoms with Gasteiger partial charge in [-0.3, -0.25) is 0 Å². The molecule has 1 aromatic heterocycles. The van der Waals surface area contributed by atoms with E-state index in [1.165, 1.54) is 12.1 Å². The number of halogens is 1. The first-order valence-electron chi connectivity index (χ1n) is 7.04. The molecule has 0 spiro atoms. The fraction of sp³-hybridized carbons (Fsp3) is 0.467. The molecule has 1 aromatic carbocycles. The molecule has 106 valence electrons. The third-order valence-corrected chi connectivity index (χ3v) is 4.00. The highest BCUT2D eigenvalue weighted by molar-refractivity contribution is 5.20. The molecule has 1 fully saturated rings. The number of hydrogen-bond donors (Lipinski definition) is 1. The first-order valence-corrected chi connectivity index (χ1v) is 7.04. The average molecular weight is 275 g/mol. The quantitative estimate of drug-likeness (QED) is 0.932. The molecule has 1 unspecified atom stereocenters. The van der Waals surface area contributed by atoms with Gasteiger partial charge in [0.25, 0.3) is 0 Å². The molecule has 1 atom stereocenters. The van der Waals surface area contributed by atoms with Gasteiger partial charge >= 0.3 is 0 Å². The summed E-state index contributed by atoms with van der Waals surface area (Å²) in [4.78, 5) is 4.52. The van der Waals surface area contributed by atoms with Gasteiger partial charge in [0.15, 0.2) is 5.82 Å². The SMILES string of the molecule is CCC1(c2nc(Cc3ccc(F)cc3)no2)CCCN1. The molecule has 0 radical (unpaired) electrons. The molecule has 5 heteroatoms. The first kappa shape index (κ1) is 13.2. The van der Waals surface area contributed by atoms with Crippen LogP contribution in [0.2, 0.25) is 0 Å². The van der Waals surface area contributed by atoms with Gasteiger partial charge in [-0.15, -0.1) is 0 Å². The molecule has 0 amide bonds. The summed E-state index contributed by atoms with van der Waals surface area (Å²) in [6.07, 6.45) is 3.65. The lowest BCUT2D eigenvalue weighted by molar-refractivity contribution is 0.249. The minimum atomic E-state index is -0.234. The second-order valence-electron chi connectivity index (χ2n) is 5.28. The molecule has 0 bridgehead atoms. The highest BCUT2D eigenvalue weighted by atomic mass is 19.1. The Morgan fingerprint density at radius 2 is 2.15 bits per heavy atom. The highest BCUT2D eigenvalue weighted by Gasteiger charge is 2.38. The van der Waals surface area contributed by atoms with Gasteiger partial charge in [0.1, 0.15) is 5.82 Å². The van der Waals surface area contributed by atoms with Gasteiger partial charge in [0, 0.05) is 6.42 Å². The Bertz CT molecular complexity index is 573. The summed E-state index contributed by atoms with van der Waals surface area (Å²) in [5.74, 6) is 1.09. The van der Waals surface area contributed by atoms with Crippen molar-refractivity contribution in [3.63, 3.8) is 0 Å². The number of nitrogens with zero attached hydrogens (tertiary/aromatic N) is 2. The van der Waals surface area contributed by atoms with E-state index in [1.54, 1.807) is 12.1 Å². The Kier molecular flexibility index (Phi) is 3.53. The van der Waals surface area contributed by atoms with E-state index < -0.39 is 0 Å². The van der Waals surface area contributed by atoms with Crippen LogP contribution in [0.15, 0.2) is 28.8 Å². The van der Waals surface area contributed by atoms with Crippen LogP contribution in [0.25, 0.3) is 0 Å². The summed E-state index contributed by atoms with van der Waals surface area (Å²) in [7, 11) is 0. The van der Waals surface area contributed by atoms with Crippen LogP contribution in [0.3, 0.4) is 0 Å². The minimum Gasteiger partial charge on any atom is -0.337 e. The standard InChI is InChI=1S/C15H18FN3O/c1-2-15(8-3-9-17-15)14-18-13(19-20-14)10-11-4-6-12(16)7-5-11/h4-7,17H,2-3,8-10H2,1H3. The molecule has 20 heavy (non-hydrogen) atoms. The predicted octanol–water partition coefficient (Wildman–Crippen LogP) is 2.79. The summed E-state index contributed by atoms with van der Waals surface area (Å²) in [5.41, 5.74) is 0.817. The highest BCUT2D eigenvalue weighted by Crippen LogP contribution is 2.32. The Morgan fingerprint density at radius 1 is 1.35 bits per heavy atom. The Morgan fingerprint density at radius 3 is 2.80 bits per heavy atom. The van der Waals surface area contributed by atoms with Crippen molar-refractivity contribution in [2.24, 2.45) is 0 Å². The molecular weight excluding hydrogens is 257 g/mol. The molecule has 0 saturated carbocycles. The third kappa shape index (κ3) is 2.45. The van der Waals surface area contributed by atoms with Crippen LogP contribution < -0.4 is 5.32 Å². The zero-order valence-electron chi connectivity index (χ0n) is 11.5. The lowest BCUT2D eigenvalue weighted by Gasteiger charge is -2.22. The van der Waals surface area contributed by atoms with Crippen LogP contribution in [-0.4, -0.2) is 16.7 Å². The predicted molar refractivity (Wildman–Crippen MR) is 72.7 cm³/mol. The van der Waals surface area contributed by atoms with Gasteiger partial charge in [-0.2, -0.15) is 4.98 Å². The minimum absolute atomic E-state index is 0.159. The van der Waals surface area contributed by atoms with Crippen LogP contribution in [0, 0.1) is 5.82 Å². The second-order valence-corrected chi connectivity index (χ2v) is 5.28. The second kappa shape index (κ2) is 5.32. The van der Waals surface area contributed by atoms with E-state index in [0.29, 0.717) is 18.1 Å². The van der Waals surface area contributed by atoms with E-state index in [4.69, 9.17) is 4.52 Å². The fourth-order valence-electron chi connectivity index (χ4n) is 2.75. The molecule has 1 aliphatic rings. The summed E-state index contributed by atoms with van der Waals surface area (Å²) >= 11 is 0. The van der Waals surface area contributed by atoms with E-state index in [-0.39, 0.29) is 11.4 Å². The molecule has 0 aliphatic carbocycles. The molecular formula is C15H18FN3O. The van der Waals surface area contributed by atoms with E-state index in [0.717, 1.165) is 31.4 Å². The maximum atomic E-state index is 12.9. The number of aromatic nitrogens is 2. The van der Waals surface area contributed by atoms with E-state index >= 15 is 0 Å². The molecule has 4 nitrogen and oxygen atoms in total. The maximum Gasteiger partial charge on any atom is 0.246 e. The molecule has 1 aliphatic heterocycles. The topological polar surface area (TPSA) is 51.0 Å². The van der Waals surface area contributed by atoms with Crippen molar-refractivity contribution in [2.75, 3.05) is 6.54 Å². The van der Waals surface area contributed by atoms with Crippen molar-refractivity contribution in [1.29, 1.82) is 0 Å². The number of rotatable bonds is 4. The molecule has 2 heterocycles. The molecule has 2 aromatic rings. The monoisotopic (exact) mass is 275 g/mol. The van der Waals surface area contributed by atoms with E-state index in [9.17, 15) is 4.39 Å². The maximum absolute atomic E-state index is 12.9. The number of benzene rings is 1. The van der Waals surface area contributed by atoms with Crippen LogP contribution >= 0.6 is 0 Å². The van der Waals surface area contributed by atoms with Gasteiger partial charge < -0.3 is 9.84 Å². The molecule has 1 N–H and O–H groups in total. The normalized spacial score (nSPS) is 22.3. The zero-order chi connectivity index (χ0) is 14.0. The Labute approximate surface area is 117 Å². The van der Waals surface area contributed by atoms with Gasteiger partial charge in [-0.25, -0.2) is 4.39 Å².